The van der Waals surface area contributed by atoms with Crippen LogP contribution in [0.5, 0.6) is 0 Å². The molecule has 5 rings (SSSR count). The highest BCUT2D eigenvalue weighted by molar-refractivity contribution is 5.41. The SMILES string of the molecule is Cc1nnc(C2Cc3ccccc3CN2Cc2cn3c(C)cccc3n2)o1. The van der Waals surface area contributed by atoms with Crippen LogP contribution in [0.25, 0.3) is 5.65 Å². The van der Waals surface area contributed by atoms with Gasteiger partial charge in [-0.3, -0.25) is 4.90 Å². The van der Waals surface area contributed by atoms with Crippen molar-refractivity contribution in [3.05, 3.63) is 83.0 Å². The Balaban J connectivity index is 1.51. The zero-order valence-corrected chi connectivity index (χ0v) is 15.5. The molecule has 0 amide bonds. The van der Waals surface area contributed by atoms with Crippen molar-refractivity contribution in [3.63, 3.8) is 0 Å². The predicted octanol–water partition coefficient (Wildman–Crippen LogP) is 3.63. The van der Waals surface area contributed by atoms with Gasteiger partial charge in [0, 0.05) is 31.9 Å². The van der Waals surface area contributed by atoms with Crippen LogP contribution in [0.1, 0.15) is 40.3 Å². The summed E-state index contributed by atoms with van der Waals surface area (Å²) in [6.45, 7) is 5.51. The first-order valence-corrected chi connectivity index (χ1v) is 9.22. The summed E-state index contributed by atoms with van der Waals surface area (Å²) in [5, 5.41) is 8.35. The molecule has 1 aromatic carbocycles. The molecule has 4 aromatic rings. The second kappa shape index (κ2) is 6.32. The Labute approximate surface area is 157 Å². The molecule has 3 aromatic heterocycles. The molecule has 0 saturated carbocycles. The molecule has 0 radical (unpaired) electrons. The van der Waals surface area contributed by atoms with Gasteiger partial charge in [0.15, 0.2) is 0 Å². The maximum atomic E-state index is 5.79. The minimum atomic E-state index is 0.0620. The van der Waals surface area contributed by atoms with E-state index >= 15 is 0 Å². The Morgan fingerprint density at radius 3 is 2.67 bits per heavy atom. The van der Waals surface area contributed by atoms with Crippen molar-refractivity contribution in [2.75, 3.05) is 0 Å². The van der Waals surface area contributed by atoms with Crippen molar-refractivity contribution >= 4 is 5.65 Å². The smallest absolute Gasteiger partial charge is 0.233 e. The molecule has 0 N–H and O–H groups in total. The normalized spacial score (nSPS) is 17.3. The Hall–Kier alpha value is -2.99. The Morgan fingerprint density at radius 1 is 1.04 bits per heavy atom. The van der Waals surface area contributed by atoms with Crippen molar-refractivity contribution in [1.29, 1.82) is 0 Å². The second-order valence-electron chi connectivity index (χ2n) is 7.18. The number of aromatic nitrogens is 4. The largest absolute Gasteiger partial charge is 0.424 e. The lowest BCUT2D eigenvalue weighted by molar-refractivity contribution is 0.136. The van der Waals surface area contributed by atoms with Crippen LogP contribution < -0.4 is 0 Å². The summed E-state index contributed by atoms with van der Waals surface area (Å²) in [5.74, 6) is 1.29. The monoisotopic (exact) mass is 359 g/mol. The molecule has 1 unspecified atom stereocenters. The fourth-order valence-corrected chi connectivity index (χ4v) is 3.92. The van der Waals surface area contributed by atoms with E-state index in [9.17, 15) is 0 Å². The Kier molecular flexibility index (Phi) is 3.79. The molecule has 0 aliphatic carbocycles. The number of pyridine rings is 1. The third-order valence-electron chi connectivity index (χ3n) is 5.28. The van der Waals surface area contributed by atoms with Crippen molar-refractivity contribution < 1.29 is 4.42 Å². The van der Waals surface area contributed by atoms with Crippen LogP contribution in [0.3, 0.4) is 0 Å². The van der Waals surface area contributed by atoms with Gasteiger partial charge in [0.1, 0.15) is 5.65 Å². The van der Waals surface area contributed by atoms with E-state index in [1.165, 1.54) is 16.8 Å². The molecule has 27 heavy (non-hydrogen) atoms. The van der Waals surface area contributed by atoms with Gasteiger partial charge in [0.25, 0.3) is 0 Å². The molecule has 4 heterocycles. The quantitative estimate of drug-likeness (QED) is 0.559. The maximum absolute atomic E-state index is 5.79. The van der Waals surface area contributed by atoms with Crippen LogP contribution in [-0.4, -0.2) is 24.5 Å². The van der Waals surface area contributed by atoms with E-state index in [-0.39, 0.29) is 6.04 Å². The van der Waals surface area contributed by atoms with Gasteiger partial charge in [-0.2, -0.15) is 0 Å². The first-order chi connectivity index (χ1) is 13.2. The third kappa shape index (κ3) is 2.92. The van der Waals surface area contributed by atoms with Gasteiger partial charge >= 0.3 is 0 Å². The van der Waals surface area contributed by atoms with Crippen LogP contribution in [-0.2, 0) is 19.5 Å². The first-order valence-electron chi connectivity index (χ1n) is 9.22. The highest BCUT2D eigenvalue weighted by Gasteiger charge is 2.31. The minimum absolute atomic E-state index is 0.0620. The lowest BCUT2D eigenvalue weighted by atomic mass is 9.94. The average Bonchev–Trinajstić information content (AvgIpc) is 3.28. The van der Waals surface area contributed by atoms with Crippen molar-refractivity contribution in [2.45, 2.75) is 39.4 Å². The van der Waals surface area contributed by atoms with E-state index in [0.717, 1.165) is 30.9 Å². The first kappa shape index (κ1) is 16.2. The fourth-order valence-electron chi connectivity index (χ4n) is 3.92. The zero-order valence-electron chi connectivity index (χ0n) is 15.5. The summed E-state index contributed by atoms with van der Waals surface area (Å²) in [7, 11) is 0. The number of rotatable bonds is 3. The van der Waals surface area contributed by atoms with Crippen LogP contribution in [0.15, 0.2) is 53.1 Å². The van der Waals surface area contributed by atoms with Crippen molar-refractivity contribution in [1.82, 2.24) is 24.5 Å². The fraction of sp³-hybridized carbons (Fsp3) is 0.286. The maximum Gasteiger partial charge on any atom is 0.233 e. The molecular weight excluding hydrogens is 338 g/mol. The van der Waals surface area contributed by atoms with Gasteiger partial charge in [-0.25, -0.2) is 4.98 Å². The molecular formula is C21H21N5O. The van der Waals surface area contributed by atoms with E-state index in [2.05, 4.69) is 63.0 Å². The molecule has 0 saturated heterocycles. The van der Waals surface area contributed by atoms with E-state index in [1.807, 2.05) is 19.1 Å². The summed E-state index contributed by atoms with van der Waals surface area (Å²) in [5.41, 5.74) is 5.90. The molecule has 136 valence electrons. The van der Waals surface area contributed by atoms with Crippen LogP contribution >= 0.6 is 0 Å². The van der Waals surface area contributed by atoms with Gasteiger partial charge in [-0.15, -0.1) is 10.2 Å². The van der Waals surface area contributed by atoms with E-state index < -0.39 is 0 Å². The summed E-state index contributed by atoms with van der Waals surface area (Å²) < 4.78 is 7.93. The number of nitrogens with zero attached hydrogens (tertiary/aromatic N) is 5. The Bertz CT molecular complexity index is 1110. The molecule has 0 spiro atoms. The molecule has 6 nitrogen and oxygen atoms in total. The Morgan fingerprint density at radius 2 is 1.89 bits per heavy atom. The molecule has 1 aliphatic rings. The van der Waals surface area contributed by atoms with Crippen molar-refractivity contribution in [3.8, 4) is 0 Å². The van der Waals surface area contributed by atoms with Crippen molar-refractivity contribution in [2.24, 2.45) is 0 Å². The molecule has 0 fully saturated rings. The van der Waals surface area contributed by atoms with Gasteiger partial charge in [0.2, 0.25) is 11.8 Å². The summed E-state index contributed by atoms with van der Waals surface area (Å²) in [4.78, 5) is 7.19. The third-order valence-corrected chi connectivity index (χ3v) is 5.28. The predicted molar refractivity (Wildman–Crippen MR) is 101 cm³/mol. The van der Waals surface area contributed by atoms with E-state index in [1.54, 1.807) is 0 Å². The number of aryl methyl sites for hydroxylation is 2. The van der Waals surface area contributed by atoms with Crippen LogP contribution in [0.2, 0.25) is 0 Å². The van der Waals surface area contributed by atoms with Gasteiger partial charge in [-0.05, 0) is 36.6 Å². The molecule has 1 atom stereocenters. The number of imidazole rings is 1. The van der Waals surface area contributed by atoms with E-state index in [0.29, 0.717) is 11.8 Å². The standard InChI is InChI=1S/C21H21N5O/c1-14-6-5-9-20-22-18(13-26(14)20)12-25-11-17-8-4-3-7-16(17)10-19(25)21-24-23-15(2)27-21/h3-9,13,19H,10-12H2,1-2H3. The lowest BCUT2D eigenvalue weighted by Gasteiger charge is -2.34. The number of hydrogen-bond donors (Lipinski definition) is 0. The molecule has 6 heteroatoms. The number of benzene rings is 1. The van der Waals surface area contributed by atoms with Gasteiger partial charge in [0.05, 0.1) is 11.7 Å². The van der Waals surface area contributed by atoms with Crippen LogP contribution in [0.4, 0.5) is 0 Å². The second-order valence-corrected chi connectivity index (χ2v) is 7.18. The van der Waals surface area contributed by atoms with Gasteiger partial charge in [-0.1, -0.05) is 30.3 Å². The summed E-state index contributed by atoms with van der Waals surface area (Å²) >= 11 is 0. The highest BCUT2D eigenvalue weighted by Crippen LogP contribution is 2.33. The number of fused-ring (bicyclic) bond motifs is 2. The number of hydrogen-bond acceptors (Lipinski definition) is 5. The van der Waals surface area contributed by atoms with E-state index in [4.69, 9.17) is 9.40 Å². The summed E-state index contributed by atoms with van der Waals surface area (Å²) in [6.07, 6.45) is 2.99. The summed E-state index contributed by atoms with van der Waals surface area (Å²) in [6, 6.07) is 14.8. The minimum Gasteiger partial charge on any atom is -0.424 e. The topological polar surface area (TPSA) is 59.5 Å². The highest BCUT2D eigenvalue weighted by atomic mass is 16.4. The zero-order chi connectivity index (χ0) is 18.4. The lowest BCUT2D eigenvalue weighted by Crippen LogP contribution is -2.34. The molecule has 1 aliphatic heterocycles. The van der Waals surface area contributed by atoms with Crippen LogP contribution in [0, 0.1) is 13.8 Å². The molecule has 0 bridgehead atoms. The van der Waals surface area contributed by atoms with Gasteiger partial charge < -0.3 is 8.82 Å². The average molecular weight is 359 g/mol.